The highest BCUT2D eigenvalue weighted by Gasteiger charge is 2.29. The molecule has 3 rings (SSSR count). The fourth-order valence-electron chi connectivity index (χ4n) is 3.84. The van der Waals surface area contributed by atoms with Crippen molar-refractivity contribution >= 4 is 15.7 Å². The lowest BCUT2D eigenvalue weighted by Gasteiger charge is -2.32. The van der Waals surface area contributed by atoms with Crippen molar-refractivity contribution < 1.29 is 17.9 Å². The Morgan fingerprint density at radius 1 is 1.23 bits per heavy atom. The lowest BCUT2D eigenvalue weighted by Crippen LogP contribution is -2.41. The van der Waals surface area contributed by atoms with Gasteiger partial charge in [0.1, 0.15) is 11.9 Å². The molecule has 0 aromatic heterocycles. The molecule has 0 saturated carbocycles. The number of aryl methyl sites for hydroxylation is 1. The Hall–Kier alpha value is -1.56. The summed E-state index contributed by atoms with van der Waals surface area (Å²) in [5.41, 5.74) is 1.27. The van der Waals surface area contributed by atoms with Gasteiger partial charge in [-0.2, -0.15) is 0 Å². The van der Waals surface area contributed by atoms with E-state index in [0.29, 0.717) is 19.3 Å². The van der Waals surface area contributed by atoms with Gasteiger partial charge < -0.3 is 9.64 Å². The molecule has 2 aliphatic rings. The SMILES string of the molecule is CCc1cccc(OC2CCN(C(=O)CCC3CCS(=O)(=O)C3)CC2)c1. The second kappa shape index (κ2) is 8.42. The summed E-state index contributed by atoms with van der Waals surface area (Å²) < 4.78 is 29.1. The normalized spacial score (nSPS) is 23.1. The van der Waals surface area contributed by atoms with Crippen LogP contribution >= 0.6 is 0 Å². The molecule has 0 radical (unpaired) electrons. The quantitative estimate of drug-likeness (QED) is 0.762. The summed E-state index contributed by atoms with van der Waals surface area (Å²) in [6.45, 7) is 3.57. The van der Waals surface area contributed by atoms with Crippen LogP contribution in [0.5, 0.6) is 5.75 Å². The lowest BCUT2D eigenvalue weighted by atomic mass is 10.0. The summed E-state index contributed by atoms with van der Waals surface area (Å²) in [7, 11) is -2.85. The Morgan fingerprint density at radius 2 is 2.00 bits per heavy atom. The number of hydrogen-bond acceptors (Lipinski definition) is 4. The first-order valence-corrected chi connectivity index (χ1v) is 11.5. The average molecular weight is 380 g/mol. The van der Waals surface area contributed by atoms with E-state index in [1.54, 1.807) is 0 Å². The summed E-state index contributed by atoms with van der Waals surface area (Å²) in [5, 5.41) is 0. The maximum Gasteiger partial charge on any atom is 0.222 e. The van der Waals surface area contributed by atoms with Crippen LogP contribution in [-0.2, 0) is 21.1 Å². The summed E-state index contributed by atoms with van der Waals surface area (Å²) in [5.74, 6) is 1.77. The summed E-state index contributed by atoms with van der Waals surface area (Å²) in [4.78, 5) is 14.3. The maximum absolute atomic E-state index is 12.4. The molecule has 0 aliphatic carbocycles. The van der Waals surface area contributed by atoms with Crippen LogP contribution in [0.3, 0.4) is 0 Å². The molecule has 1 aromatic carbocycles. The van der Waals surface area contributed by atoms with Crippen molar-refractivity contribution in [3.8, 4) is 5.75 Å². The third-order valence-electron chi connectivity index (χ3n) is 5.50. The van der Waals surface area contributed by atoms with Gasteiger partial charge in [0, 0.05) is 32.4 Å². The largest absolute Gasteiger partial charge is 0.490 e. The van der Waals surface area contributed by atoms with E-state index in [1.165, 1.54) is 5.56 Å². The Morgan fingerprint density at radius 3 is 2.65 bits per heavy atom. The Bertz CT molecular complexity index is 723. The Balaban J connectivity index is 1.41. The predicted molar refractivity (Wildman–Crippen MR) is 102 cm³/mol. The van der Waals surface area contributed by atoms with Gasteiger partial charge >= 0.3 is 0 Å². The lowest BCUT2D eigenvalue weighted by molar-refractivity contribution is -0.133. The molecule has 2 fully saturated rings. The van der Waals surface area contributed by atoms with Gasteiger partial charge in [-0.25, -0.2) is 8.42 Å². The van der Waals surface area contributed by atoms with Crippen molar-refractivity contribution in [2.24, 2.45) is 5.92 Å². The summed E-state index contributed by atoms with van der Waals surface area (Å²) >= 11 is 0. The zero-order valence-electron chi connectivity index (χ0n) is 15.5. The van der Waals surface area contributed by atoms with E-state index in [1.807, 2.05) is 17.0 Å². The molecule has 0 N–H and O–H groups in total. The first-order chi connectivity index (χ1) is 12.4. The van der Waals surface area contributed by atoms with E-state index >= 15 is 0 Å². The molecule has 1 amide bonds. The van der Waals surface area contributed by atoms with E-state index in [0.717, 1.165) is 38.1 Å². The van der Waals surface area contributed by atoms with Crippen molar-refractivity contribution in [1.82, 2.24) is 4.90 Å². The number of hydrogen-bond donors (Lipinski definition) is 0. The number of carbonyl (C=O) groups excluding carboxylic acids is 1. The number of sulfone groups is 1. The fourth-order valence-corrected chi connectivity index (χ4v) is 5.75. The second-order valence-corrected chi connectivity index (χ2v) is 9.74. The number of amides is 1. The topological polar surface area (TPSA) is 63.7 Å². The molecular formula is C20H29NO4S. The van der Waals surface area contributed by atoms with Crippen LogP contribution in [0.2, 0.25) is 0 Å². The van der Waals surface area contributed by atoms with Crippen molar-refractivity contribution in [3.05, 3.63) is 29.8 Å². The number of carbonyl (C=O) groups is 1. The van der Waals surface area contributed by atoms with Crippen LogP contribution in [0.4, 0.5) is 0 Å². The van der Waals surface area contributed by atoms with Crippen molar-refractivity contribution in [1.29, 1.82) is 0 Å². The van der Waals surface area contributed by atoms with Crippen LogP contribution in [-0.4, -0.2) is 49.9 Å². The zero-order valence-corrected chi connectivity index (χ0v) is 16.3. The molecule has 2 aliphatic heterocycles. The fraction of sp³-hybridized carbons (Fsp3) is 0.650. The average Bonchev–Trinajstić information content (AvgIpc) is 2.99. The predicted octanol–water partition coefficient (Wildman–Crippen LogP) is 2.83. The molecule has 2 saturated heterocycles. The molecule has 0 bridgehead atoms. The number of piperidine rings is 1. The van der Waals surface area contributed by atoms with Gasteiger partial charge in [-0.05, 0) is 42.9 Å². The standard InChI is InChI=1S/C20H29NO4S/c1-2-16-4-3-5-19(14-16)25-18-8-11-21(12-9-18)20(22)7-6-17-10-13-26(23,24)15-17/h3-5,14,17-18H,2,6-13,15H2,1H3. The van der Waals surface area contributed by atoms with Gasteiger partial charge in [0.25, 0.3) is 0 Å². The number of ether oxygens (including phenoxy) is 1. The van der Waals surface area contributed by atoms with Gasteiger partial charge in [0.2, 0.25) is 5.91 Å². The van der Waals surface area contributed by atoms with Crippen molar-refractivity contribution in [2.45, 2.75) is 51.6 Å². The summed E-state index contributed by atoms with van der Waals surface area (Å²) in [6.07, 6.45) is 4.71. The minimum absolute atomic E-state index is 0.153. The smallest absolute Gasteiger partial charge is 0.222 e. The van der Waals surface area contributed by atoms with E-state index in [4.69, 9.17) is 4.74 Å². The minimum atomic E-state index is -2.85. The molecule has 2 heterocycles. The van der Waals surface area contributed by atoms with Gasteiger partial charge in [-0.3, -0.25) is 4.79 Å². The van der Waals surface area contributed by atoms with Crippen molar-refractivity contribution in [3.63, 3.8) is 0 Å². The van der Waals surface area contributed by atoms with Crippen LogP contribution in [0.1, 0.15) is 44.6 Å². The number of likely N-dealkylation sites (tertiary alicyclic amines) is 1. The van der Waals surface area contributed by atoms with Crippen LogP contribution in [0.25, 0.3) is 0 Å². The van der Waals surface area contributed by atoms with E-state index in [2.05, 4.69) is 19.1 Å². The molecule has 144 valence electrons. The highest BCUT2D eigenvalue weighted by atomic mass is 32.2. The van der Waals surface area contributed by atoms with Gasteiger partial charge in [0.15, 0.2) is 9.84 Å². The van der Waals surface area contributed by atoms with Crippen LogP contribution < -0.4 is 4.74 Å². The molecule has 1 atom stereocenters. The van der Waals surface area contributed by atoms with E-state index in [9.17, 15) is 13.2 Å². The molecular weight excluding hydrogens is 350 g/mol. The first kappa shape index (κ1) is 19.2. The Labute approximate surface area is 156 Å². The molecule has 0 spiro atoms. The molecule has 5 nitrogen and oxygen atoms in total. The minimum Gasteiger partial charge on any atom is -0.490 e. The van der Waals surface area contributed by atoms with E-state index in [-0.39, 0.29) is 29.4 Å². The van der Waals surface area contributed by atoms with Gasteiger partial charge in [-0.1, -0.05) is 19.1 Å². The number of nitrogens with zero attached hydrogens (tertiary/aromatic N) is 1. The van der Waals surface area contributed by atoms with E-state index < -0.39 is 9.84 Å². The molecule has 26 heavy (non-hydrogen) atoms. The molecule has 1 aromatic rings. The zero-order chi connectivity index (χ0) is 18.6. The third kappa shape index (κ3) is 5.22. The Kier molecular flexibility index (Phi) is 6.22. The highest BCUT2D eigenvalue weighted by Crippen LogP contribution is 2.24. The number of benzene rings is 1. The van der Waals surface area contributed by atoms with Crippen LogP contribution in [0, 0.1) is 5.92 Å². The first-order valence-electron chi connectivity index (χ1n) is 9.69. The van der Waals surface area contributed by atoms with Crippen LogP contribution in [0.15, 0.2) is 24.3 Å². The molecule has 1 unspecified atom stereocenters. The maximum atomic E-state index is 12.4. The highest BCUT2D eigenvalue weighted by molar-refractivity contribution is 7.91. The second-order valence-electron chi connectivity index (χ2n) is 7.51. The van der Waals surface area contributed by atoms with Gasteiger partial charge in [-0.15, -0.1) is 0 Å². The number of rotatable bonds is 6. The summed E-state index contributed by atoms with van der Waals surface area (Å²) in [6, 6.07) is 8.21. The monoisotopic (exact) mass is 379 g/mol. The van der Waals surface area contributed by atoms with Crippen molar-refractivity contribution in [2.75, 3.05) is 24.6 Å². The van der Waals surface area contributed by atoms with Gasteiger partial charge in [0.05, 0.1) is 11.5 Å². The molecule has 6 heteroatoms. The third-order valence-corrected chi connectivity index (χ3v) is 7.33.